The molecule has 1 aliphatic rings. The second-order valence-electron chi connectivity index (χ2n) is 6.07. The van der Waals surface area contributed by atoms with E-state index >= 15 is 0 Å². The number of carbonyl (C=O) groups excluding carboxylic acids is 1. The van der Waals surface area contributed by atoms with Crippen LogP contribution in [0.3, 0.4) is 0 Å². The van der Waals surface area contributed by atoms with Crippen LogP contribution in [0, 0.1) is 13.8 Å². The van der Waals surface area contributed by atoms with Crippen molar-refractivity contribution in [1.82, 2.24) is 24.8 Å². The number of nitrogens with zero attached hydrogens (tertiary/aromatic N) is 4. The first-order chi connectivity index (χ1) is 13.0. The van der Waals surface area contributed by atoms with Crippen molar-refractivity contribution in [3.8, 4) is 17.2 Å². The molecule has 0 fully saturated rings. The van der Waals surface area contributed by atoms with Gasteiger partial charge in [0.1, 0.15) is 12.4 Å². The Hall–Kier alpha value is -3.56. The zero-order valence-corrected chi connectivity index (χ0v) is 14.8. The molecule has 0 saturated carbocycles. The second-order valence-corrected chi connectivity index (χ2v) is 6.07. The second kappa shape index (κ2) is 6.63. The average Bonchev–Trinajstić information content (AvgIpc) is 3.33. The first-order valence-corrected chi connectivity index (χ1v) is 8.26. The minimum absolute atomic E-state index is 0.150. The third-order valence-corrected chi connectivity index (χ3v) is 4.05. The number of hydrogen-bond donors (Lipinski definition) is 1. The van der Waals surface area contributed by atoms with Gasteiger partial charge in [-0.05, 0) is 26.0 Å². The highest BCUT2D eigenvalue weighted by atomic mass is 16.7. The zero-order chi connectivity index (χ0) is 19.0. The minimum atomic E-state index is -0.419. The highest BCUT2D eigenvalue weighted by molar-refractivity contribution is 5.75. The number of nitrogens with one attached hydrogen (secondary N) is 1. The number of hydrogen-bond acceptors (Lipinski definition) is 7. The molecule has 4 rings (SSSR count). The van der Waals surface area contributed by atoms with Crippen molar-refractivity contribution in [3.05, 3.63) is 52.0 Å². The molecule has 10 heteroatoms. The van der Waals surface area contributed by atoms with Gasteiger partial charge in [-0.25, -0.2) is 14.0 Å². The van der Waals surface area contributed by atoms with Crippen LogP contribution in [0.2, 0.25) is 0 Å². The van der Waals surface area contributed by atoms with Crippen LogP contribution in [-0.2, 0) is 17.9 Å². The Morgan fingerprint density at radius 2 is 2.04 bits per heavy atom. The fraction of sp³-hybridized carbons (Fsp3) is 0.294. The van der Waals surface area contributed by atoms with Gasteiger partial charge in [0.05, 0.1) is 17.9 Å². The highest BCUT2D eigenvalue weighted by Gasteiger charge is 2.18. The number of amides is 1. The van der Waals surface area contributed by atoms with Gasteiger partial charge in [-0.2, -0.15) is 5.10 Å². The molecule has 3 aromatic rings. The van der Waals surface area contributed by atoms with Gasteiger partial charge in [-0.3, -0.25) is 4.79 Å². The van der Waals surface area contributed by atoms with Crippen molar-refractivity contribution in [2.24, 2.45) is 0 Å². The number of benzene rings is 1. The molecule has 0 saturated heterocycles. The Labute approximate surface area is 153 Å². The Morgan fingerprint density at radius 3 is 2.81 bits per heavy atom. The van der Waals surface area contributed by atoms with Crippen LogP contribution in [0.25, 0.3) is 5.69 Å². The zero-order valence-electron chi connectivity index (χ0n) is 14.8. The predicted octanol–water partition coefficient (Wildman–Crippen LogP) is 0.684. The van der Waals surface area contributed by atoms with Crippen LogP contribution in [0.5, 0.6) is 11.5 Å². The number of aromatic nitrogens is 4. The van der Waals surface area contributed by atoms with Gasteiger partial charge in [0.25, 0.3) is 0 Å². The molecule has 140 valence electrons. The molecule has 1 N–H and O–H groups in total. The first-order valence-electron chi connectivity index (χ1n) is 8.26. The normalized spacial score (nSPS) is 12.4. The summed E-state index contributed by atoms with van der Waals surface area (Å²) in [6.07, 6.45) is 0. The molecule has 1 amide bonds. The molecular formula is C17H17N5O5. The average molecular weight is 371 g/mol. The molecule has 0 radical (unpaired) electrons. The van der Waals surface area contributed by atoms with E-state index in [4.69, 9.17) is 14.0 Å². The molecular weight excluding hydrogens is 354 g/mol. The van der Waals surface area contributed by atoms with E-state index in [-0.39, 0.29) is 25.8 Å². The highest BCUT2D eigenvalue weighted by Crippen LogP contribution is 2.33. The Morgan fingerprint density at radius 1 is 1.22 bits per heavy atom. The lowest BCUT2D eigenvalue weighted by Gasteiger charge is -2.04. The van der Waals surface area contributed by atoms with E-state index in [1.54, 1.807) is 38.1 Å². The van der Waals surface area contributed by atoms with E-state index in [9.17, 15) is 9.59 Å². The Balaban J connectivity index is 1.50. The van der Waals surface area contributed by atoms with E-state index in [0.29, 0.717) is 28.8 Å². The Kier molecular flexibility index (Phi) is 4.15. The maximum atomic E-state index is 12.7. The fourth-order valence-electron chi connectivity index (χ4n) is 2.82. The van der Waals surface area contributed by atoms with Crippen LogP contribution in [0.15, 0.2) is 33.6 Å². The van der Waals surface area contributed by atoms with Crippen molar-refractivity contribution >= 4 is 5.91 Å². The summed E-state index contributed by atoms with van der Waals surface area (Å²) in [7, 11) is 0. The Bertz CT molecular complexity index is 1060. The number of fused-ring (bicyclic) bond motifs is 1. The maximum Gasteiger partial charge on any atom is 0.351 e. The number of carbonyl (C=O) groups is 1. The quantitative estimate of drug-likeness (QED) is 0.702. The third kappa shape index (κ3) is 3.28. The van der Waals surface area contributed by atoms with Crippen LogP contribution in [-0.4, -0.2) is 32.2 Å². The van der Waals surface area contributed by atoms with Crippen LogP contribution >= 0.6 is 0 Å². The lowest BCUT2D eigenvalue weighted by molar-refractivity contribution is -0.122. The third-order valence-electron chi connectivity index (χ3n) is 4.05. The van der Waals surface area contributed by atoms with Gasteiger partial charge >= 0.3 is 5.69 Å². The molecule has 0 spiro atoms. The summed E-state index contributed by atoms with van der Waals surface area (Å²) in [5.74, 6) is 1.82. The molecule has 2 aromatic heterocycles. The van der Waals surface area contributed by atoms with E-state index < -0.39 is 5.69 Å². The van der Waals surface area contributed by atoms with Gasteiger partial charge < -0.3 is 19.3 Å². The molecule has 0 bridgehead atoms. The smallest absolute Gasteiger partial charge is 0.351 e. The SMILES string of the molecule is Cc1cc(CNC(=O)Cn2nc(C)n(-c3ccc4c(c3)OCO4)c2=O)on1. The van der Waals surface area contributed by atoms with Gasteiger partial charge in [0, 0.05) is 12.1 Å². The molecule has 0 atom stereocenters. The molecule has 3 heterocycles. The largest absolute Gasteiger partial charge is 0.454 e. The van der Waals surface area contributed by atoms with Gasteiger partial charge in [-0.1, -0.05) is 5.16 Å². The van der Waals surface area contributed by atoms with Crippen LogP contribution in [0.4, 0.5) is 0 Å². The summed E-state index contributed by atoms with van der Waals surface area (Å²) < 4.78 is 18.2. The number of aryl methyl sites for hydroxylation is 2. The standard InChI is InChI=1S/C17H17N5O5/c1-10-5-13(27-20-10)7-18-16(23)8-21-17(24)22(11(2)19-21)12-3-4-14-15(6-12)26-9-25-14/h3-6H,7-9H2,1-2H3,(H,18,23). The van der Waals surface area contributed by atoms with Crippen molar-refractivity contribution in [3.63, 3.8) is 0 Å². The van der Waals surface area contributed by atoms with E-state index in [2.05, 4.69) is 15.6 Å². The predicted molar refractivity (Wildman–Crippen MR) is 91.8 cm³/mol. The van der Waals surface area contributed by atoms with Crippen molar-refractivity contribution < 1.29 is 18.8 Å². The van der Waals surface area contributed by atoms with E-state index in [0.717, 1.165) is 10.4 Å². The minimum Gasteiger partial charge on any atom is -0.454 e. The fourth-order valence-corrected chi connectivity index (χ4v) is 2.82. The summed E-state index contributed by atoms with van der Waals surface area (Å²) in [6, 6.07) is 6.90. The summed E-state index contributed by atoms with van der Waals surface area (Å²) in [6.45, 7) is 3.62. The molecule has 10 nitrogen and oxygen atoms in total. The van der Waals surface area contributed by atoms with Crippen molar-refractivity contribution in [1.29, 1.82) is 0 Å². The van der Waals surface area contributed by atoms with Gasteiger partial charge in [-0.15, -0.1) is 0 Å². The van der Waals surface area contributed by atoms with Crippen LogP contribution in [0.1, 0.15) is 17.3 Å². The monoisotopic (exact) mass is 371 g/mol. The number of rotatable bonds is 5. The van der Waals surface area contributed by atoms with Gasteiger partial charge in [0.15, 0.2) is 17.3 Å². The van der Waals surface area contributed by atoms with E-state index in [1.165, 1.54) is 4.57 Å². The summed E-state index contributed by atoms with van der Waals surface area (Å²) in [4.78, 5) is 24.8. The summed E-state index contributed by atoms with van der Waals surface area (Å²) in [5.41, 5.74) is 0.899. The molecule has 0 aliphatic carbocycles. The van der Waals surface area contributed by atoms with Gasteiger partial charge in [0.2, 0.25) is 12.7 Å². The van der Waals surface area contributed by atoms with E-state index in [1.807, 2.05) is 0 Å². The first kappa shape index (κ1) is 16.9. The molecule has 27 heavy (non-hydrogen) atoms. The lowest BCUT2D eigenvalue weighted by Crippen LogP contribution is -2.33. The number of ether oxygens (including phenoxy) is 2. The van der Waals surface area contributed by atoms with Crippen LogP contribution < -0.4 is 20.5 Å². The summed E-state index contributed by atoms with van der Waals surface area (Å²) in [5, 5.41) is 10.6. The van der Waals surface area contributed by atoms with Crippen molar-refractivity contribution in [2.75, 3.05) is 6.79 Å². The molecule has 1 aromatic carbocycles. The topological polar surface area (TPSA) is 113 Å². The summed E-state index contributed by atoms with van der Waals surface area (Å²) >= 11 is 0. The molecule has 1 aliphatic heterocycles. The maximum absolute atomic E-state index is 12.7. The molecule has 0 unspecified atom stereocenters. The lowest BCUT2D eigenvalue weighted by atomic mass is 10.2. The van der Waals surface area contributed by atoms with Crippen molar-refractivity contribution in [2.45, 2.75) is 26.9 Å².